The van der Waals surface area contributed by atoms with E-state index < -0.39 is 0 Å². The molecule has 7 nitrogen and oxygen atoms in total. The predicted molar refractivity (Wildman–Crippen MR) is 120 cm³/mol. The Hall–Kier alpha value is -2.97. The number of nitrogens with one attached hydrogen (secondary N) is 2. The molecule has 1 saturated heterocycles. The van der Waals surface area contributed by atoms with Crippen LogP contribution in [-0.4, -0.2) is 47.2 Å². The minimum absolute atomic E-state index is 0.0170. The van der Waals surface area contributed by atoms with Gasteiger partial charge in [0.1, 0.15) is 5.82 Å². The summed E-state index contributed by atoms with van der Waals surface area (Å²) in [6.07, 6.45) is 1.95. The zero-order valence-corrected chi connectivity index (χ0v) is 17.4. The monoisotopic (exact) mass is 421 g/mol. The molecule has 1 aliphatic heterocycles. The molecule has 3 heterocycles. The fourth-order valence-corrected chi connectivity index (χ4v) is 4.70. The van der Waals surface area contributed by atoms with Crippen LogP contribution < -0.4 is 10.2 Å². The predicted octanol–water partition coefficient (Wildman–Crippen LogP) is 3.97. The highest BCUT2D eigenvalue weighted by Gasteiger charge is 2.15. The molecule has 1 aliphatic rings. The minimum atomic E-state index is 0.0170. The molecule has 2 N–H and O–H groups in total. The van der Waals surface area contributed by atoms with E-state index in [-0.39, 0.29) is 5.91 Å². The summed E-state index contributed by atoms with van der Waals surface area (Å²) in [5.74, 6) is 0.939. The summed E-state index contributed by atoms with van der Waals surface area (Å²) in [6.45, 7) is 3.22. The maximum Gasteiger partial charge on any atom is 0.224 e. The first kappa shape index (κ1) is 19.0. The smallest absolute Gasteiger partial charge is 0.224 e. The van der Waals surface area contributed by atoms with Crippen LogP contribution in [0.5, 0.6) is 0 Å². The lowest BCUT2D eigenvalue weighted by Gasteiger charge is -2.25. The molecule has 4 aromatic rings. The number of fused-ring (bicyclic) bond motifs is 2. The molecule has 1 fully saturated rings. The summed E-state index contributed by atoms with van der Waals surface area (Å²) in [5.41, 5.74) is 3.77. The number of anilines is 2. The molecule has 2 aromatic heterocycles. The normalized spacial score (nSPS) is 14.5. The second kappa shape index (κ2) is 8.41. The number of rotatable bonds is 6. The van der Waals surface area contributed by atoms with Crippen LogP contribution in [0.3, 0.4) is 0 Å². The van der Waals surface area contributed by atoms with Crippen molar-refractivity contribution in [3.8, 4) is 0 Å². The Labute approximate surface area is 178 Å². The molecule has 8 heteroatoms. The Morgan fingerprint density at radius 2 is 2.00 bits per heavy atom. The third-order valence-corrected chi connectivity index (χ3v) is 6.28. The van der Waals surface area contributed by atoms with Crippen molar-refractivity contribution in [3.05, 3.63) is 48.3 Å². The number of hydrogen-bond donors (Lipinski definition) is 2. The number of hydrogen-bond acceptors (Lipinski definition) is 6. The SMILES string of the molecule is O=C(CCCc1nc2ccccc2[nH]1)Nc1ccc2nc(N3CCOCC3)sc2c1. The van der Waals surface area contributed by atoms with Gasteiger partial charge in [-0.1, -0.05) is 23.5 Å². The molecule has 1 amide bonds. The van der Waals surface area contributed by atoms with Gasteiger partial charge in [0.15, 0.2) is 5.13 Å². The van der Waals surface area contributed by atoms with Crippen molar-refractivity contribution in [1.82, 2.24) is 15.0 Å². The summed E-state index contributed by atoms with van der Waals surface area (Å²) in [5, 5.41) is 4.03. The Morgan fingerprint density at radius 1 is 1.13 bits per heavy atom. The summed E-state index contributed by atoms with van der Waals surface area (Å²) in [6, 6.07) is 13.9. The number of aromatic nitrogens is 3. The second-order valence-corrected chi connectivity index (χ2v) is 8.39. The Bertz CT molecular complexity index is 1150. The van der Waals surface area contributed by atoms with E-state index in [0.29, 0.717) is 6.42 Å². The van der Waals surface area contributed by atoms with E-state index in [1.165, 1.54) is 0 Å². The van der Waals surface area contributed by atoms with E-state index in [4.69, 9.17) is 9.72 Å². The van der Waals surface area contributed by atoms with E-state index in [1.807, 2.05) is 42.5 Å². The lowest BCUT2D eigenvalue weighted by Crippen LogP contribution is -2.36. The summed E-state index contributed by atoms with van der Waals surface area (Å²) in [7, 11) is 0. The third kappa shape index (κ3) is 4.15. The van der Waals surface area contributed by atoms with Gasteiger partial charge in [-0.05, 0) is 36.8 Å². The van der Waals surface area contributed by atoms with Gasteiger partial charge in [-0.15, -0.1) is 0 Å². The van der Waals surface area contributed by atoms with Crippen molar-refractivity contribution in [3.63, 3.8) is 0 Å². The number of thiazole rings is 1. The molecular formula is C22H23N5O2S. The number of aromatic amines is 1. The van der Waals surface area contributed by atoms with Crippen LogP contribution in [0.15, 0.2) is 42.5 Å². The largest absolute Gasteiger partial charge is 0.378 e. The molecule has 5 rings (SSSR count). The Morgan fingerprint density at radius 3 is 2.87 bits per heavy atom. The van der Waals surface area contributed by atoms with Gasteiger partial charge in [0.25, 0.3) is 0 Å². The zero-order chi connectivity index (χ0) is 20.3. The van der Waals surface area contributed by atoms with Crippen LogP contribution in [0.4, 0.5) is 10.8 Å². The molecular weight excluding hydrogens is 398 g/mol. The van der Waals surface area contributed by atoms with E-state index in [0.717, 1.165) is 77.0 Å². The van der Waals surface area contributed by atoms with E-state index in [9.17, 15) is 4.79 Å². The number of nitrogens with zero attached hydrogens (tertiary/aromatic N) is 3. The number of benzene rings is 2. The van der Waals surface area contributed by atoms with Gasteiger partial charge >= 0.3 is 0 Å². The van der Waals surface area contributed by atoms with Crippen LogP contribution in [0.2, 0.25) is 0 Å². The molecule has 2 aromatic carbocycles. The maximum absolute atomic E-state index is 12.4. The lowest BCUT2D eigenvalue weighted by molar-refractivity contribution is -0.116. The number of imidazole rings is 1. The number of para-hydroxylation sites is 2. The van der Waals surface area contributed by atoms with Crippen LogP contribution >= 0.6 is 11.3 Å². The molecule has 0 unspecified atom stereocenters. The maximum atomic E-state index is 12.4. The number of ether oxygens (including phenoxy) is 1. The van der Waals surface area contributed by atoms with Gasteiger partial charge in [-0.3, -0.25) is 4.79 Å². The second-order valence-electron chi connectivity index (χ2n) is 7.38. The highest BCUT2D eigenvalue weighted by molar-refractivity contribution is 7.22. The fourth-order valence-electron chi connectivity index (χ4n) is 3.64. The van der Waals surface area contributed by atoms with E-state index in [2.05, 4.69) is 20.2 Å². The number of carbonyl (C=O) groups is 1. The van der Waals surface area contributed by atoms with Gasteiger partial charge < -0.3 is 19.9 Å². The number of carbonyl (C=O) groups excluding carboxylic acids is 1. The first-order chi connectivity index (χ1) is 14.7. The molecule has 30 heavy (non-hydrogen) atoms. The van der Waals surface area contributed by atoms with Gasteiger partial charge in [-0.2, -0.15) is 0 Å². The zero-order valence-electron chi connectivity index (χ0n) is 16.6. The van der Waals surface area contributed by atoms with Crippen LogP contribution in [-0.2, 0) is 16.0 Å². The lowest BCUT2D eigenvalue weighted by atomic mass is 10.2. The summed E-state index contributed by atoms with van der Waals surface area (Å²) < 4.78 is 6.50. The van der Waals surface area contributed by atoms with Crippen LogP contribution in [0.25, 0.3) is 21.3 Å². The fraction of sp³-hybridized carbons (Fsp3) is 0.318. The molecule has 0 aliphatic carbocycles. The molecule has 0 radical (unpaired) electrons. The highest BCUT2D eigenvalue weighted by atomic mass is 32.1. The molecule has 154 valence electrons. The first-order valence-electron chi connectivity index (χ1n) is 10.2. The third-order valence-electron chi connectivity index (χ3n) is 5.20. The number of morpholine rings is 1. The number of H-pyrrole nitrogens is 1. The topological polar surface area (TPSA) is 83.1 Å². The van der Waals surface area contributed by atoms with Gasteiger partial charge in [0.2, 0.25) is 5.91 Å². The van der Waals surface area contributed by atoms with Crippen molar-refractivity contribution in [1.29, 1.82) is 0 Å². The Balaban J connectivity index is 1.17. The standard InChI is InChI=1S/C22H23N5O2S/c28-21(7-3-6-20-24-16-4-1-2-5-17(16)25-20)23-15-8-9-18-19(14-15)30-22(26-18)27-10-12-29-13-11-27/h1-2,4-5,8-9,14H,3,6-7,10-13H2,(H,23,28)(H,24,25). The quantitative estimate of drug-likeness (QED) is 0.492. The van der Waals surface area contributed by atoms with Crippen molar-refractivity contribution < 1.29 is 9.53 Å². The summed E-state index contributed by atoms with van der Waals surface area (Å²) >= 11 is 1.66. The van der Waals surface area contributed by atoms with Crippen LogP contribution in [0.1, 0.15) is 18.7 Å². The molecule has 0 saturated carbocycles. The number of amides is 1. The molecule has 0 atom stereocenters. The van der Waals surface area contributed by atoms with Gasteiger partial charge in [-0.25, -0.2) is 9.97 Å². The van der Waals surface area contributed by atoms with E-state index >= 15 is 0 Å². The molecule has 0 spiro atoms. The minimum Gasteiger partial charge on any atom is -0.378 e. The average Bonchev–Trinajstić information content (AvgIpc) is 3.37. The Kier molecular flexibility index (Phi) is 5.33. The van der Waals surface area contributed by atoms with Crippen LogP contribution in [0, 0.1) is 0 Å². The van der Waals surface area contributed by atoms with Crippen molar-refractivity contribution in [2.45, 2.75) is 19.3 Å². The average molecular weight is 422 g/mol. The van der Waals surface area contributed by atoms with Gasteiger partial charge in [0, 0.05) is 31.6 Å². The first-order valence-corrected chi connectivity index (χ1v) is 11.0. The van der Waals surface area contributed by atoms with Crippen molar-refractivity contribution >= 4 is 49.3 Å². The summed E-state index contributed by atoms with van der Waals surface area (Å²) in [4.78, 5) is 27.2. The number of aryl methyl sites for hydroxylation is 1. The van der Waals surface area contributed by atoms with Crippen molar-refractivity contribution in [2.24, 2.45) is 0 Å². The molecule has 0 bridgehead atoms. The van der Waals surface area contributed by atoms with Crippen molar-refractivity contribution in [2.75, 3.05) is 36.5 Å². The highest BCUT2D eigenvalue weighted by Crippen LogP contribution is 2.31. The van der Waals surface area contributed by atoms with Gasteiger partial charge in [0.05, 0.1) is 34.5 Å². The van der Waals surface area contributed by atoms with E-state index in [1.54, 1.807) is 11.3 Å².